The van der Waals surface area contributed by atoms with Crippen LogP contribution in [0.25, 0.3) is 10.8 Å². The molecule has 172 valence electrons. The second-order valence-corrected chi connectivity index (χ2v) is 8.28. The van der Waals surface area contributed by atoms with Crippen molar-refractivity contribution >= 4 is 28.3 Å². The number of aryl methyl sites for hydroxylation is 2. The molecular weight excluding hydrogens is 418 g/mol. The van der Waals surface area contributed by atoms with Crippen LogP contribution in [0.2, 0.25) is 0 Å². The Labute approximate surface area is 193 Å². The quantitative estimate of drug-likeness (QED) is 0.544. The average molecular weight is 448 g/mol. The number of benzene rings is 2. The van der Waals surface area contributed by atoms with Gasteiger partial charge >= 0.3 is 0 Å². The van der Waals surface area contributed by atoms with Crippen LogP contribution in [0.1, 0.15) is 31.2 Å². The summed E-state index contributed by atoms with van der Waals surface area (Å²) in [5.74, 6) is 0.852. The highest BCUT2D eigenvalue weighted by Gasteiger charge is 2.19. The summed E-state index contributed by atoms with van der Waals surface area (Å²) in [6, 6.07) is 14.9. The smallest absolute Gasteiger partial charge is 0.258 e. The highest BCUT2D eigenvalue weighted by Crippen LogP contribution is 2.22. The molecule has 4 rings (SSSR count). The van der Waals surface area contributed by atoms with Crippen molar-refractivity contribution in [2.24, 2.45) is 0 Å². The Morgan fingerprint density at radius 3 is 2.67 bits per heavy atom. The van der Waals surface area contributed by atoms with E-state index in [1.165, 1.54) is 0 Å². The number of fused-ring (bicyclic) bond motifs is 1. The second-order valence-electron chi connectivity index (χ2n) is 8.28. The summed E-state index contributed by atoms with van der Waals surface area (Å²) in [4.78, 5) is 39.2. The van der Waals surface area contributed by atoms with Crippen LogP contribution in [0.3, 0.4) is 0 Å². The minimum Gasteiger partial charge on any atom is -0.496 e. The molecule has 0 bridgehead atoms. The van der Waals surface area contributed by atoms with Crippen molar-refractivity contribution < 1.29 is 14.3 Å². The van der Waals surface area contributed by atoms with Crippen LogP contribution >= 0.6 is 0 Å². The molecule has 1 saturated heterocycles. The van der Waals surface area contributed by atoms with Crippen molar-refractivity contribution in [3.05, 3.63) is 70.6 Å². The Balaban J connectivity index is 1.42. The van der Waals surface area contributed by atoms with Crippen molar-refractivity contribution in [1.29, 1.82) is 0 Å². The molecule has 0 aliphatic carbocycles. The molecule has 0 saturated carbocycles. The lowest BCUT2D eigenvalue weighted by Gasteiger charge is -2.16. The Hall–Kier alpha value is -3.61. The van der Waals surface area contributed by atoms with E-state index in [0.717, 1.165) is 36.1 Å². The molecule has 1 aromatic heterocycles. The standard InChI is InChI=1S/C26H29N3O4/c1-33-23-10-3-2-7-19(23)12-13-24(30)27-22-9-4-8-21-20(22)14-18-29(26(21)32)17-6-16-28-15-5-11-25(28)31/h2-4,7-10,14,18H,5-6,11-13,15-17H2,1H3,(H,27,30). The molecule has 33 heavy (non-hydrogen) atoms. The molecule has 2 aromatic carbocycles. The third-order valence-corrected chi connectivity index (χ3v) is 6.10. The van der Waals surface area contributed by atoms with E-state index >= 15 is 0 Å². The van der Waals surface area contributed by atoms with Crippen LogP contribution in [0.15, 0.2) is 59.5 Å². The SMILES string of the molecule is COc1ccccc1CCC(=O)Nc1cccc2c(=O)n(CCCN3CCCC3=O)ccc12. The van der Waals surface area contributed by atoms with Crippen LogP contribution in [-0.4, -0.2) is 41.5 Å². The minimum atomic E-state index is -0.118. The van der Waals surface area contributed by atoms with E-state index in [-0.39, 0.29) is 17.4 Å². The fourth-order valence-corrected chi connectivity index (χ4v) is 4.35. The number of nitrogens with one attached hydrogen (secondary N) is 1. The Morgan fingerprint density at radius 2 is 1.88 bits per heavy atom. The summed E-state index contributed by atoms with van der Waals surface area (Å²) in [5, 5.41) is 4.24. The molecule has 2 heterocycles. The number of ether oxygens (including phenoxy) is 1. The molecule has 1 aliphatic heterocycles. The summed E-state index contributed by atoms with van der Waals surface area (Å²) in [7, 11) is 1.62. The molecule has 0 radical (unpaired) electrons. The van der Waals surface area contributed by atoms with Crippen molar-refractivity contribution in [3.8, 4) is 5.75 Å². The summed E-state index contributed by atoms with van der Waals surface area (Å²) in [6.07, 6.45) is 4.92. The van der Waals surface area contributed by atoms with Gasteiger partial charge < -0.3 is 19.5 Å². The summed E-state index contributed by atoms with van der Waals surface area (Å²) < 4.78 is 7.03. The molecule has 0 spiro atoms. The predicted molar refractivity (Wildman–Crippen MR) is 129 cm³/mol. The van der Waals surface area contributed by atoms with Crippen LogP contribution in [0.4, 0.5) is 5.69 Å². The lowest BCUT2D eigenvalue weighted by atomic mass is 10.1. The van der Waals surface area contributed by atoms with Crippen molar-refractivity contribution in [1.82, 2.24) is 9.47 Å². The number of methoxy groups -OCH3 is 1. The zero-order chi connectivity index (χ0) is 23.2. The van der Waals surface area contributed by atoms with Gasteiger partial charge in [-0.25, -0.2) is 0 Å². The number of hydrogen-bond donors (Lipinski definition) is 1. The van der Waals surface area contributed by atoms with Gasteiger partial charge in [-0.05, 0) is 49.1 Å². The molecule has 2 amide bonds. The zero-order valence-electron chi connectivity index (χ0n) is 18.9. The zero-order valence-corrected chi connectivity index (χ0v) is 18.9. The van der Waals surface area contributed by atoms with E-state index in [1.807, 2.05) is 41.3 Å². The summed E-state index contributed by atoms with van der Waals surface area (Å²) in [5.41, 5.74) is 1.52. The summed E-state index contributed by atoms with van der Waals surface area (Å²) in [6.45, 7) is 2.03. The van der Waals surface area contributed by atoms with Crippen molar-refractivity contribution in [3.63, 3.8) is 0 Å². The third-order valence-electron chi connectivity index (χ3n) is 6.10. The average Bonchev–Trinajstić information content (AvgIpc) is 3.24. The molecule has 7 heteroatoms. The number of nitrogens with zero attached hydrogens (tertiary/aromatic N) is 2. The lowest BCUT2D eigenvalue weighted by Crippen LogP contribution is -2.28. The second kappa shape index (κ2) is 10.3. The number of para-hydroxylation sites is 1. The van der Waals surface area contributed by atoms with Crippen molar-refractivity contribution in [2.75, 3.05) is 25.5 Å². The Kier molecular flexibility index (Phi) is 7.07. The van der Waals surface area contributed by atoms with Gasteiger partial charge in [0, 0.05) is 55.1 Å². The first kappa shape index (κ1) is 22.6. The number of rotatable bonds is 9. The maximum Gasteiger partial charge on any atom is 0.258 e. The van der Waals surface area contributed by atoms with Crippen LogP contribution in [0.5, 0.6) is 5.75 Å². The highest BCUT2D eigenvalue weighted by molar-refractivity contribution is 6.01. The van der Waals surface area contributed by atoms with Gasteiger partial charge in [0.1, 0.15) is 5.75 Å². The van der Waals surface area contributed by atoms with Crippen LogP contribution in [-0.2, 0) is 22.6 Å². The Morgan fingerprint density at radius 1 is 1.03 bits per heavy atom. The molecular formula is C26H29N3O4. The number of carbonyl (C=O) groups is 2. The van der Waals surface area contributed by atoms with Crippen molar-refractivity contribution in [2.45, 2.75) is 38.6 Å². The number of carbonyl (C=O) groups excluding carboxylic acids is 2. The lowest BCUT2D eigenvalue weighted by molar-refractivity contribution is -0.127. The molecule has 7 nitrogen and oxygen atoms in total. The maximum absolute atomic E-state index is 13.0. The topological polar surface area (TPSA) is 80.6 Å². The number of aromatic nitrogens is 1. The van der Waals surface area contributed by atoms with Gasteiger partial charge in [0.2, 0.25) is 11.8 Å². The minimum absolute atomic E-state index is 0.0923. The first-order chi connectivity index (χ1) is 16.1. The van der Waals surface area contributed by atoms with Gasteiger partial charge in [-0.2, -0.15) is 0 Å². The summed E-state index contributed by atoms with van der Waals surface area (Å²) >= 11 is 0. The molecule has 0 atom stereocenters. The van der Waals surface area contributed by atoms with E-state index in [9.17, 15) is 14.4 Å². The Bertz CT molecular complexity index is 1220. The largest absolute Gasteiger partial charge is 0.496 e. The van der Waals surface area contributed by atoms with Gasteiger partial charge in [0.25, 0.3) is 5.56 Å². The van der Waals surface area contributed by atoms with Gasteiger partial charge in [0.15, 0.2) is 0 Å². The molecule has 3 aromatic rings. The molecule has 0 unspecified atom stereocenters. The highest BCUT2D eigenvalue weighted by atomic mass is 16.5. The normalized spacial score (nSPS) is 13.5. The van der Waals surface area contributed by atoms with E-state index in [4.69, 9.17) is 4.74 Å². The molecule has 1 aliphatic rings. The molecule has 1 N–H and O–H groups in total. The predicted octanol–water partition coefficient (Wildman–Crippen LogP) is 3.59. The first-order valence-electron chi connectivity index (χ1n) is 11.4. The number of hydrogen-bond acceptors (Lipinski definition) is 4. The van der Waals surface area contributed by atoms with Gasteiger partial charge in [-0.15, -0.1) is 0 Å². The fraction of sp³-hybridized carbons (Fsp3) is 0.346. The van der Waals surface area contributed by atoms with Gasteiger partial charge in [-0.1, -0.05) is 24.3 Å². The van der Waals surface area contributed by atoms with E-state index in [0.29, 0.717) is 43.4 Å². The monoisotopic (exact) mass is 447 g/mol. The fourth-order valence-electron chi connectivity index (χ4n) is 4.35. The van der Waals surface area contributed by atoms with Crippen LogP contribution in [0, 0.1) is 0 Å². The number of amides is 2. The maximum atomic E-state index is 13.0. The van der Waals surface area contributed by atoms with Crippen LogP contribution < -0.4 is 15.6 Å². The van der Waals surface area contributed by atoms with E-state index < -0.39 is 0 Å². The first-order valence-corrected chi connectivity index (χ1v) is 11.4. The van der Waals surface area contributed by atoms with E-state index in [2.05, 4.69) is 5.32 Å². The third kappa shape index (κ3) is 5.25. The van der Waals surface area contributed by atoms with E-state index in [1.54, 1.807) is 30.0 Å². The number of anilines is 1. The molecule has 1 fully saturated rings. The van der Waals surface area contributed by atoms with Gasteiger partial charge in [-0.3, -0.25) is 14.4 Å². The number of pyridine rings is 1. The number of likely N-dealkylation sites (tertiary alicyclic amines) is 1. The van der Waals surface area contributed by atoms with Gasteiger partial charge in [0.05, 0.1) is 7.11 Å².